The van der Waals surface area contributed by atoms with E-state index in [1.807, 2.05) is 18.2 Å². The molecule has 16 heavy (non-hydrogen) atoms. The van der Waals surface area contributed by atoms with Crippen molar-refractivity contribution in [2.45, 2.75) is 25.0 Å². The van der Waals surface area contributed by atoms with Gasteiger partial charge in [-0.15, -0.1) is 0 Å². The molecule has 1 aliphatic rings. The quantitative estimate of drug-likeness (QED) is 0.792. The number of hydrogen-bond acceptors (Lipinski definition) is 3. The van der Waals surface area contributed by atoms with E-state index in [0.717, 1.165) is 5.56 Å². The topological polar surface area (TPSA) is 59.1 Å². The molecule has 1 N–H and O–H groups in total. The normalized spacial score (nSPS) is 32.2. The first-order valence-corrected chi connectivity index (χ1v) is 5.02. The molecule has 0 spiro atoms. The molecule has 4 heteroatoms. The first-order chi connectivity index (χ1) is 7.44. The zero-order valence-electron chi connectivity index (χ0n) is 9.48. The molecule has 86 valence electrons. The lowest BCUT2D eigenvalue weighted by atomic mass is 9.89. The fourth-order valence-electron chi connectivity index (χ4n) is 1.88. The second-order valence-corrected chi connectivity index (χ2v) is 4.21. The zero-order chi connectivity index (χ0) is 12.0. The van der Waals surface area contributed by atoms with Gasteiger partial charge in [0.25, 0.3) is 0 Å². The minimum absolute atomic E-state index is 0.696. The molecule has 1 saturated heterocycles. The molecule has 0 aliphatic carbocycles. The van der Waals surface area contributed by atoms with Crippen molar-refractivity contribution in [3.8, 4) is 5.75 Å². The number of hydrogen-bond donors (Lipinski definition) is 1. The molecule has 0 radical (unpaired) electrons. The van der Waals surface area contributed by atoms with Gasteiger partial charge >= 0.3 is 5.97 Å². The van der Waals surface area contributed by atoms with Crippen LogP contribution in [-0.4, -0.2) is 23.8 Å². The molecule has 2 unspecified atom stereocenters. The van der Waals surface area contributed by atoms with Gasteiger partial charge in [0.05, 0.1) is 7.11 Å². The van der Waals surface area contributed by atoms with E-state index < -0.39 is 17.2 Å². The maximum atomic E-state index is 11.1. The van der Waals surface area contributed by atoms with Gasteiger partial charge in [-0.3, -0.25) is 0 Å². The van der Waals surface area contributed by atoms with Crippen LogP contribution in [0.1, 0.15) is 19.4 Å². The lowest BCUT2D eigenvalue weighted by Crippen LogP contribution is -2.27. The molecule has 1 aromatic rings. The Morgan fingerprint density at radius 1 is 1.44 bits per heavy atom. The highest BCUT2D eigenvalue weighted by Crippen LogP contribution is 2.55. The fourth-order valence-corrected chi connectivity index (χ4v) is 1.88. The monoisotopic (exact) mass is 222 g/mol. The molecule has 1 aliphatic heterocycles. The van der Waals surface area contributed by atoms with E-state index in [0.29, 0.717) is 5.75 Å². The molecule has 0 aromatic heterocycles. The van der Waals surface area contributed by atoms with E-state index in [4.69, 9.17) is 14.6 Å². The summed E-state index contributed by atoms with van der Waals surface area (Å²) in [6, 6.07) is 7.28. The Labute approximate surface area is 93.8 Å². The lowest BCUT2D eigenvalue weighted by Gasteiger charge is -2.10. The predicted octanol–water partition coefficient (Wildman–Crippen LogP) is 1.78. The van der Waals surface area contributed by atoms with Gasteiger partial charge < -0.3 is 14.6 Å². The summed E-state index contributed by atoms with van der Waals surface area (Å²) in [6.45, 7) is 3.35. The fraction of sp³-hybridized carbons (Fsp3) is 0.417. The maximum absolute atomic E-state index is 11.1. The number of carboxylic acid groups (broad SMARTS) is 1. The summed E-state index contributed by atoms with van der Waals surface area (Å²) >= 11 is 0. The number of methoxy groups -OCH3 is 1. The van der Waals surface area contributed by atoms with Crippen molar-refractivity contribution >= 4 is 5.97 Å². The minimum Gasteiger partial charge on any atom is -0.497 e. The van der Waals surface area contributed by atoms with Crippen LogP contribution < -0.4 is 4.74 Å². The standard InChI is InChI=1S/C12H14O4/c1-11(12(2,16-11)10(13)14)8-5-4-6-9(7-8)15-3/h4-7H,1-3H3,(H,13,14). The minimum atomic E-state index is -1.14. The van der Waals surface area contributed by atoms with Crippen molar-refractivity contribution in [3.05, 3.63) is 29.8 Å². The van der Waals surface area contributed by atoms with Crippen molar-refractivity contribution in [2.75, 3.05) is 7.11 Å². The van der Waals surface area contributed by atoms with Crippen molar-refractivity contribution < 1.29 is 19.4 Å². The summed E-state index contributed by atoms with van der Waals surface area (Å²) in [4.78, 5) is 11.1. The summed E-state index contributed by atoms with van der Waals surface area (Å²) in [5.74, 6) is -0.250. The number of ether oxygens (including phenoxy) is 2. The van der Waals surface area contributed by atoms with Gasteiger partial charge in [0, 0.05) is 0 Å². The second kappa shape index (κ2) is 3.22. The first kappa shape index (κ1) is 11.0. The molecule has 0 amide bonds. The number of epoxide rings is 1. The van der Waals surface area contributed by atoms with Gasteiger partial charge in [-0.05, 0) is 31.5 Å². The largest absolute Gasteiger partial charge is 0.497 e. The summed E-state index contributed by atoms with van der Waals surface area (Å²) in [5, 5.41) is 9.08. The predicted molar refractivity (Wildman–Crippen MR) is 57.5 cm³/mol. The summed E-state index contributed by atoms with van der Waals surface area (Å²) in [5.41, 5.74) is -1.09. The average molecular weight is 222 g/mol. The molecular weight excluding hydrogens is 208 g/mol. The highest BCUT2D eigenvalue weighted by molar-refractivity contribution is 5.83. The summed E-state index contributed by atoms with van der Waals surface area (Å²) < 4.78 is 10.5. The molecule has 1 aromatic carbocycles. The van der Waals surface area contributed by atoms with Crippen LogP contribution >= 0.6 is 0 Å². The number of benzene rings is 1. The Balaban J connectivity index is 2.36. The molecule has 0 bridgehead atoms. The van der Waals surface area contributed by atoms with Crippen molar-refractivity contribution in [3.63, 3.8) is 0 Å². The van der Waals surface area contributed by atoms with Crippen LogP contribution in [0.4, 0.5) is 0 Å². The lowest BCUT2D eigenvalue weighted by molar-refractivity contribution is -0.142. The van der Waals surface area contributed by atoms with E-state index in [-0.39, 0.29) is 0 Å². The number of rotatable bonds is 3. The van der Waals surface area contributed by atoms with E-state index in [1.165, 1.54) is 0 Å². The van der Waals surface area contributed by atoms with E-state index in [9.17, 15) is 4.79 Å². The van der Waals surface area contributed by atoms with Crippen LogP contribution in [0.25, 0.3) is 0 Å². The van der Waals surface area contributed by atoms with Crippen molar-refractivity contribution in [2.24, 2.45) is 0 Å². The number of aliphatic carboxylic acids is 1. The van der Waals surface area contributed by atoms with Crippen LogP contribution in [0.2, 0.25) is 0 Å². The Kier molecular flexibility index (Phi) is 2.20. The van der Waals surface area contributed by atoms with E-state index >= 15 is 0 Å². The van der Waals surface area contributed by atoms with Crippen molar-refractivity contribution in [1.29, 1.82) is 0 Å². The van der Waals surface area contributed by atoms with Gasteiger partial charge in [-0.1, -0.05) is 12.1 Å². The molecule has 4 nitrogen and oxygen atoms in total. The number of carbonyl (C=O) groups is 1. The Morgan fingerprint density at radius 3 is 2.62 bits per heavy atom. The van der Waals surface area contributed by atoms with Crippen LogP contribution in [0.3, 0.4) is 0 Å². The van der Waals surface area contributed by atoms with Gasteiger partial charge in [-0.25, -0.2) is 4.79 Å². The second-order valence-electron chi connectivity index (χ2n) is 4.21. The number of carboxylic acids is 1. The molecule has 1 fully saturated rings. The smallest absolute Gasteiger partial charge is 0.339 e. The molecule has 0 saturated carbocycles. The van der Waals surface area contributed by atoms with Crippen LogP contribution in [0.15, 0.2) is 24.3 Å². The van der Waals surface area contributed by atoms with Crippen LogP contribution in [0, 0.1) is 0 Å². The highest BCUT2D eigenvalue weighted by atomic mass is 16.6. The molecule has 2 atom stereocenters. The SMILES string of the molecule is COc1cccc(C2(C)OC2(C)C(=O)O)c1. The van der Waals surface area contributed by atoms with E-state index in [1.54, 1.807) is 27.0 Å². The van der Waals surface area contributed by atoms with Crippen LogP contribution in [0.5, 0.6) is 5.75 Å². The third-order valence-corrected chi connectivity index (χ3v) is 3.31. The Morgan fingerprint density at radius 2 is 2.12 bits per heavy atom. The summed E-state index contributed by atoms with van der Waals surface area (Å²) in [7, 11) is 1.57. The average Bonchev–Trinajstić information content (AvgIpc) is 2.85. The van der Waals surface area contributed by atoms with Gasteiger partial charge in [0.1, 0.15) is 11.4 Å². The molecule has 1 heterocycles. The molecule has 2 rings (SSSR count). The van der Waals surface area contributed by atoms with Crippen LogP contribution in [-0.2, 0) is 15.1 Å². The first-order valence-electron chi connectivity index (χ1n) is 5.02. The van der Waals surface area contributed by atoms with Gasteiger partial charge in [-0.2, -0.15) is 0 Å². The summed E-state index contributed by atoms with van der Waals surface area (Å²) in [6.07, 6.45) is 0. The molecular formula is C12H14O4. The Hall–Kier alpha value is -1.55. The highest BCUT2D eigenvalue weighted by Gasteiger charge is 2.70. The van der Waals surface area contributed by atoms with E-state index in [2.05, 4.69) is 0 Å². The van der Waals surface area contributed by atoms with Crippen molar-refractivity contribution in [1.82, 2.24) is 0 Å². The third kappa shape index (κ3) is 1.30. The zero-order valence-corrected chi connectivity index (χ0v) is 9.48. The third-order valence-electron chi connectivity index (χ3n) is 3.31. The van der Waals surface area contributed by atoms with Gasteiger partial charge in [0.2, 0.25) is 0 Å². The maximum Gasteiger partial charge on any atom is 0.339 e. The van der Waals surface area contributed by atoms with Gasteiger partial charge in [0.15, 0.2) is 5.60 Å². The Bertz CT molecular complexity index is 442.